The summed E-state index contributed by atoms with van der Waals surface area (Å²) in [6.07, 6.45) is 6.26. The minimum absolute atomic E-state index is 0. The molecule has 1 aromatic carbocycles. The van der Waals surface area contributed by atoms with Gasteiger partial charge in [0.05, 0.1) is 11.0 Å². The number of hydrogen-bond acceptors (Lipinski definition) is 3. The standard InChI is InChI=1S/C15H20BrN3O2.HI/c16-12-6-10(7-13-14(12)21-9-20-13)8-18-15(17)19-11-4-2-1-3-5-11;/h6-7,11H,1-5,8-9H2,(H3,17,18,19);1H. The van der Waals surface area contributed by atoms with Gasteiger partial charge in [-0.15, -0.1) is 24.0 Å². The Morgan fingerprint density at radius 1 is 1.27 bits per heavy atom. The van der Waals surface area contributed by atoms with E-state index in [1.165, 1.54) is 32.1 Å². The lowest BCUT2D eigenvalue weighted by Crippen LogP contribution is -2.41. The number of halogens is 2. The summed E-state index contributed by atoms with van der Waals surface area (Å²) >= 11 is 3.48. The number of fused-ring (bicyclic) bond motifs is 1. The van der Waals surface area contributed by atoms with Gasteiger partial charge in [-0.3, -0.25) is 0 Å². The molecule has 0 unspecified atom stereocenters. The highest BCUT2D eigenvalue weighted by atomic mass is 127. The minimum atomic E-state index is 0. The van der Waals surface area contributed by atoms with Gasteiger partial charge in [0.25, 0.3) is 0 Å². The van der Waals surface area contributed by atoms with E-state index in [1.807, 2.05) is 12.1 Å². The van der Waals surface area contributed by atoms with Crippen LogP contribution in [0.4, 0.5) is 0 Å². The number of benzene rings is 1. The van der Waals surface area contributed by atoms with Crippen LogP contribution in [0, 0.1) is 0 Å². The van der Waals surface area contributed by atoms with E-state index in [0.29, 0.717) is 18.5 Å². The van der Waals surface area contributed by atoms with Gasteiger partial charge in [-0.05, 0) is 46.5 Å². The third kappa shape index (κ3) is 4.41. The Hall–Kier alpha value is -0.700. The van der Waals surface area contributed by atoms with E-state index >= 15 is 0 Å². The summed E-state index contributed by atoms with van der Waals surface area (Å²) in [6, 6.07) is 4.42. The average molecular weight is 482 g/mol. The number of nitrogens with zero attached hydrogens (tertiary/aromatic N) is 1. The normalized spacial score (nSPS) is 18.0. The smallest absolute Gasteiger partial charge is 0.231 e. The maximum atomic E-state index is 5.97. The van der Waals surface area contributed by atoms with Crippen molar-refractivity contribution in [1.29, 1.82) is 0 Å². The molecule has 1 aliphatic carbocycles. The van der Waals surface area contributed by atoms with Crippen LogP contribution in [0.3, 0.4) is 0 Å². The van der Waals surface area contributed by atoms with Crippen LogP contribution in [0.5, 0.6) is 11.5 Å². The number of guanidine groups is 1. The number of aliphatic imine (C=N–C) groups is 1. The molecule has 0 aromatic heterocycles. The van der Waals surface area contributed by atoms with Crippen molar-refractivity contribution in [2.45, 2.75) is 44.7 Å². The number of nitrogens with two attached hydrogens (primary N) is 1. The monoisotopic (exact) mass is 481 g/mol. The fraction of sp³-hybridized carbons (Fsp3) is 0.533. The Morgan fingerprint density at radius 2 is 2.05 bits per heavy atom. The largest absolute Gasteiger partial charge is 0.454 e. The molecule has 0 bridgehead atoms. The molecule has 1 saturated carbocycles. The number of rotatable bonds is 3. The van der Waals surface area contributed by atoms with Crippen molar-refractivity contribution in [3.8, 4) is 11.5 Å². The lowest BCUT2D eigenvalue weighted by atomic mass is 9.96. The second kappa shape index (κ2) is 8.24. The van der Waals surface area contributed by atoms with Gasteiger partial charge in [-0.25, -0.2) is 4.99 Å². The molecule has 22 heavy (non-hydrogen) atoms. The third-order valence-corrected chi connectivity index (χ3v) is 4.47. The fourth-order valence-electron chi connectivity index (χ4n) is 2.79. The molecule has 0 saturated heterocycles. The molecule has 0 amide bonds. The molecule has 1 aromatic rings. The maximum Gasteiger partial charge on any atom is 0.231 e. The van der Waals surface area contributed by atoms with Crippen LogP contribution in [-0.4, -0.2) is 18.8 Å². The van der Waals surface area contributed by atoms with E-state index in [-0.39, 0.29) is 30.8 Å². The number of ether oxygens (including phenoxy) is 2. The van der Waals surface area contributed by atoms with Gasteiger partial charge in [-0.2, -0.15) is 0 Å². The average Bonchev–Trinajstić information content (AvgIpc) is 2.95. The molecule has 1 aliphatic heterocycles. The summed E-state index contributed by atoms with van der Waals surface area (Å²) in [5.74, 6) is 2.04. The van der Waals surface area contributed by atoms with Crippen molar-refractivity contribution in [3.05, 3.63) is 22.2 Å². The van der Waals surface area contributed by atoms with Gasteiger partial charge < -0.3 is 20.5 Å². The highest BCUT2D eigenvalue weighted by molar-refractivity contribution is 14.0. The first kappa shape index (κ1) is 17.7. The van der Waals surface area contributed by atoms with E-state index in [4.69, 9.17) is 15.2 Å². The topological polar surface area (TPSA) is 68.9 Å². The van der Waals surface area contributed by atoms with Crippen LogP contribution in [0.2, 0.25) is 0 Å². The first-order chi connectivity index (χ1) is 10.2. The predicted molar refractivity (Wildman–Crippen MR) is 101 cm³/mol. The van der Waals surface area contributed by atoms with Crippen molar-refractivity contribution in [2.24, 2.45) is 10.7 Å². The van der Waals surface area contributed by atoms with Crippen LogP contribution in [-0.2, 0) is 6.54 Å². The van der Waals surface area contributed by atoms with Crippen LogP contribution in [0.25, 0.3) is 0 Å². The van der Waals surface area contributed by atoms with Crippen LogP contribution < -0.4 is 20.5 Å². The van der Waals surface area contributed by atoms with E-state index in [1.54, 1.807) is 0 Å². The molecule has 1 fully saturated rings. The van der Waals surface area contributed by atoms with Gasteiger partial charge in [0.15, 0.2) is 17.5 Å². The molecule has 3 rings (SSSR count). The molecular weight excluding hydrogens is 461 g/mol. The van der Waals surface area contributed by atoms with Gasteiger partial charge in [0, 0.05) is 6.04 Å². The molecule has 7 heteroatoms. The SMILES string of the molecule is I.NC(=NCc1cc(Br)c2c(c1)OCO2)NC1CCCCC1. The minimum Gasteiger partial charge on any atom is -0.454 e. The summed E-state index contributed by atoms with van der Waals surface area (Å²) in [7, 11) is 0. The molecule has 0 atom stereocenters. The Labute approximate surface area is 156 Å². The molecule has 0 spiro atoms. The number of nitrogens with one attached hydrogen (secondary N) is 1. The predicted octanol–water partition coefficient (Wildman–Crippen LogP) is 3.53. The molecular formula is C15H21BrIN3O2. The molecule has 0 radical (unpaired) electrons. The van der Waals surface area contributed by atoms with Gasteiger partial charge in [0.1, 0.15) is 0 Å². The summed E-state index contributed by atoms with van der Waals surface area (Å²) in [5, 5.41) is 3.32. The summed E-state index contributed by atoms with van der Waals surface area (Å²) in [4.78, 5) is 4.42. The Balaban J connectivity index is 0.00000176. The molecule has 2 aliphatic rings. The zero-order chi connectivity index (χ0) is 14.7. The van der Waals surface area contributed by atoms with Gasteiger partial charge in [-0.1, -0.05) is 19.3 Å². The van der Waals surface area contributed by atoms with E-state index < -0.39 is 0 Å². The summed E-state index contributed by atoms with van der Waals surface area (Å²) in [5.41, 5.74) is 7.02. The van der Waals surface area contributed by atoms with E-state index in [0.717, 1.165) is 21.5 Å². The molecule has 1 heterocycles. The zero-order valence-electron chi connectivity index (χ0n) is 12.3. The highest BCUT2D eigenvalue weighted by Crippen LogP contribution is 2.40. The Kier molecular flexibility index (Phi) is 6.61. The molecule has 5 nitrogen and oxygen atoms in total. The Morgan fingerprint density at radius 3 is 2.82 bits per heavy atom. The second-order valence-corrected chi connectivity index (χ2v) is 6.35. The third-order valence-electron chi connectivity index (χ3n) is 3.88. The maximum absolute atomic E-state index is 5.97. The lowest BCUT2D eigenvalue weighted by molar-refractivity contribution is 0.173. The lowest BCUT2D eigenvalue weighted by Gasteiger charge is -2.23. The van der Waals surface area contributed by atoms with Crippen molar-refractivity contribution >= 4 is 45.9 Å². The van der Waals surface area contributed by atoms with Gasteiger partial charge >= 0.3 is 0 Å². The van der Waals surface area contributed by atoms with Crippen molar-refractivity contribution in [1.82, 2.24) is 5.32 Å². The molecule has 122 valence electrons. The van der Waals surface area contributed by atoms with Crippen LogP contribution in [0.15, 0.2) is 21.6 Å². The van der Waals surface area contributed by atoms with E-state index in [9.17, 15) is 0 Å². The summed E-state index contributed by atoms with van der Waals surface area (Å²) in [6.45, 7) is 0.798. The first-order valence-corrected chi connectivity index (χ1v) is 8.16. The van der Waals surface area contributed by atoms with Crippen molar-refractivity contribution in [3.63, 3.8) is 0 Å². The van der Waals surface area contributed by atoms with Gasteiger partial charge in [0.2, 0.25) is 6.79 Å². The molecule has 3 N–H and O–H groups in total. The van der Waals surface area contributed by atoms with Crippen LogP contribution >= 0.6 is 39.9 Å². The first-order valence-electron chi connectivity index (χ1n) is 7.37. The van der Waals surface area contributed by atoms with E-state index in [2.05, 4.69) is 26.2 Å². The second-order valence-electron chi connectivity index (χ2n) is 5.49. The Bertz CT molecular complexity index is 548. The van der Waals surface area contributed by atoms with Crippen molar-refractivity contribution < 1.29 is 9.47 Å². The quantitative estimate of drug-likeness (QED) is 0.393. The van der Waals surface area contributed by atoms with Crippen LogP contribution in [0.1, 0.15) is 37.7 Å². The highest BCUT2D eigenvalue weighted by Gasteiger charge is 2.18. The summed E-state index contributed by atoms with van der Waals surface area (Å²) < 4.78 is 11.7. The number of hydrogen-bond donors (Lipinski definition) is 2. The fourth-order valence-corrected chi connectivity index (χ4v) is 3.39. The zero-order valence-corrected chi connectivity index (χ0v) is 16.2. The van der Waals surface area contributed by atoms with Crippen molar-refractivity contribution in [2.75, 3.05) is 6.79 Å².